The summed E-state index contributed by atoms with van der Waals surface area (Å²) in [6.45, 7) is 0.436. The molecule has 21 heavy (non-hydrogen) atoms. The molecule has 3 rings (SSSR count). The molecule has 0 aromatic heterocycles. The molecule has 2 atom stereocenters. The third-order valence-corrected chi connectivity index (χ3v) is 4.62. The summed E-state index contributed by atoms with van der Waals surface area (Å²) < 4.78 is 51.6. The lowest BCUT2D eigenvalue weighted by molar-refractivity contribution is -0.140. The van der Waals surface area contributed by atoms with Gasteiger partial charge in [-0.05, 0) is 43.4 Å². The molecule has 6 heteroatoms. The van der Waals surface area contributed by atoms with E-state index < -0.39 is 17.6 Å². The number of fused-ring (bicyclic) bond motifs is 2. The van der Waals surface area contributed by atoms with E-state index in [0.29, 0.717) is 24.2 Å². The fourth-order valence-electron chi connectivity index (χ4n) is 3.67. The number of benzene rings is 1. The van der Waals surface area contributed by atoms with Crippen LogP contribution in [0.3, 0.4) is 0 Å². The van der Waals surface area contributed by atoms with E-state index in [9.17, 15) is 17.6 Å². The molecule has 2 fully saturated rings. The molecule has 2 aliphatic heterocycles. The molecule has 116 valence electrons. The summed E-state index contributed by atoms with van der Waals surface area (Å²) in [4.78, 5) is 2.23. The van der Waals surface area contributed by atoms with Crippen LogP contribution in [0.1, 0.15) is 36.8 Å². The minimum absolute atomic E-state index is 0.192. The Morgan fingerprint density at radius 1 is 1.14 bits per heavy atom. The zero-order valence-electron chi connectivity index (χ0n) is 11.5. The van der Waals surface area contributed by atoms with Crippen molar-refractivity contribution in [1.29, 1.82) is 0 Å². The van der Waals surface area contributed by atoms with E-state index in [4.69, 9.17) is 5.73 Å². The van der Waals surface area contributed by atoms with Crippen LogP contribution < -0.4 is 5.73 Å². The van der Waals surface area contributed by atoms with Gasteiger partial charge < -0.3 is 5.73 Å². The van der Waals surface area contributed by atoms with Crippen LogP contribution in [0.2, 0.25) is 0 Å². The summed E-state index contributed by atoms with van der Waals surface area (Å²) in [5.74, 6) is -1.21. The van der Waals surface area contributed by atoms with Crippen molar-refractivity contribution in [2.24, 2.45) is 5.73 Å². The van der Waals surface area contributed by atoms with Crippen LogP contribution in [0.15, 0.2) is 18.2 Å². The van der Waals surface area contributed by atoms with E-state index in [2.05, 4.69) is 4.90 Å². The van der Waals surface area contributed by atoms with Crippen molar-refractivity contribution in [2.75, 3.05) is 0 Å². The van der Waals surface area contributed by atoms with E-state index >= 15 is 0 Å². The molecule has 2 nitrogen and oxygen atoms in total. The molecule has 0 radical (unpaired) electrons. The second kappa shape index (κ2) is 5.25. The fraction of sp³-hybridized carbons (Fsp3) is 0.600. The zero-order chi connectivity index (χ0) is 15.2. The Morgan fingerprint density at radius 2 is 1.76 bits per heavy atom. The molecule has 0 amide bonds. The van der Waals surface area contributed by atoms with Gasteiger partial charge in [0, 0.05) is 24.7 Å². The van der Waals surface area contributed by atoms with Gasteiger partial charge in [0.05, 0.1) is 5.56 Å². The highest BCUT2D eigenvalue weighted by atomic mass is 19.4. The first kappa shape index (κ1) is 14.8. The van der Waals surface area contributed by atoms with Crippen molar-refractivity contribution < 1.29 is 17.6 Å². The van der Waals surface area contributed by atoms with Crippen LogP contribution in [0.25, 0.3) is 0 Å². The number of piperidine rings is 1. The first-order valence-corrected chi connectivity index (χ1v) is 7.21. The normalized spacial score (nSPS) is 29.9. The van der Waals surface area contributed by atoms with Gasteiger partial charge in [0.15, 0.2) is 0 Å². The van der Waals surface area contributed by atoms with E-state index in [-0.39, 0.29) is 6.04 Å². The summed E-state index contributed by atoms with van der Waals surface area (Å²) in [5, 5.41) is 0. The Labute approximate surface area is 120 Å². The number of nitrogens with two attached hydrogens (primary N) is 1. The Balaban J connectivity index is 1.80. The van der Waals surface area contributed by atoms with Crippen LogP contribution in [0.5, 0.6) is 0 Å². The van der Waals surface area contributed by atoms with Crippen molar-refractivity contribution in [3.8, 4) is 0 Å². The van der Waals surface area contributed by atoms with Gasteiger partial charge in [0.1, 0.15) is 5.82 Å². The second-order valence-corrected chi connectivity index (χ2v) is 6.10. The maximum absolute atomic E-state index is 13.3. The van der Waals surface area contributed by atoms with E-state index in [1.807, 2.05) is 0 Å². The van der Waals surface area contributed by atoms with Crippen molar-refractivity contribution in [3.63, 3.8) is 0 Å². The number of hydrogen-bond acceptors (Lipinski definition) is 2. The smallest absolute Gasteiger partial charge is 0.328 e. The molecule has 2 bridgehead atoms. The molecule has 0 spiro atoms. The van der Waals surface area contributed by atoms with E-state index in [1.165, 1.54) is 6.07 Å². The fourth-order valence-corrected chi connectivity index (χ4v) is 3.67. The average Bonchev–Trinajstić information content (AvgIpc) is 2.63. The molecule has 2 heterocycles. The van der Waals surface area contributed by atoms with Crippen molar-refractivity contribution >= 4 is 0 Å². The maximum Gasteiger partial charge on any atom is 0.419 e. The minimum Gasteiger partial charge on any atom is -0.328 e. The minimum atomic E-state index is -4.65. The van der Waals surface area contributed by atoms with Crippen LogP contribution in [0, 0.1) is 5.82 Å². The second-order valence-electron chi connectivity index (χ2n) is 6.10. The van der Waals surface area contributed by atoms with Gasteiger partial charge in [-0.15, -0.1) is 0 Å². The summed E-state index contributed by atoms with van der Waals surface area (Å²) >= 11 is 0. The van der Waals surface area contributed by atoms with Gasteiger partial charge in [0.2, 0.25) is 0 Å². The highest BCUT2D eigenvalue weighted by Crippen LogP contribution is 2.37. The van der Waals surface area contributed by atoms with Crippen molar-refractivity contribution in [3.05, 3.63) is 35.1 Å². The molecule has 2 aliphatic rings. The number of halogens is 4. The van der Waals surface area contributed by atoms with Gasteiger partial charge >= 0.3 is 6.18 Å². The summed E-state index contributed by atoms with van der Waals surface area (Å²) in [7, 11) is 0. The predicted molar refractivity (Wildman–Crippen MR) is 71.0 cm³/mol. The first-order chi connectivity index (χ1) is 9.84. The standard InChI is InChI=1S/C15H18F4N2/c16-14-4-1-9(5-13(14)15(17,18)19)8-21-11-2-3-12(21)7-10(20)6-11/h1,4-5,10-12H,2-3,6-8,20H2. The lowest BCUT2D eigenvalue weighted by Crippen LogP contribution is -2.46. The summed E-state index contributed by atoms with van der Waals surface area (Å²) in [6, 6.07) is 4.17. The highest BCUT2D eigenvalue weighted by molar-refractivity contribution is 5.27. The summed E-state index contributed by atoms with van der Waals surface area (Å²) in [6.07, 6.45) is -0.769. The Bertz CT molecular complexity index is 515. The SMILES string of the molecule is NC1CC2CCC(C1)N2Cc1ccc(F)c(C(F)(F)F)c1. The monoisotopic (exact) mass is 302 g/mol. The topological polar surface area (TPSA) is 29.3 Å². The predicted octanol–water partition coefficient (Wildman–Crippen LogP) is 3.30. The molecular formula is C15H18F4N2. The van der Waals surface area contributed by atoms with Gasteiger partial charge in [-0.25, -0.2) is 4.39 Å². The molecule has 2 N–H and O–H groups in total. The number of alkyl halides is 3. The molecule has 2 saturated heterocycles. The van der Waals surface area contributed by atoms with Crippen molar-refractivity contribution in [1.82, 2.24) is 4.90 Å². The molecule has 0 saturated carbocycles. The van der Waals surface area contributed by atoms with Crippen molar-refractivity contribution in [2.45, 2.75) is 56.5 Å². The quantitative estimate of drug-likeness (QED) is 0.849. The lowest BCUT2D eigenvalue weighted by atomic mass is 9.97. The average molecular weight is 302 g/mol. The third kappa shape index (κ3) is 2.92. The van der Waals surface area contributed by atoms with Crippen LogP contribution >= 0.6 is 0 Å². The maximum atomic E-state index is 13.3. The zero-order valence-corrected chi connectivity index (χ0v) is 11.5. The Morgan fingerprint density at radius 3 is 2.33 bits per heavy atom. The Kier molecular flexibility index (Phi) is 3.69. The Hall–Kier alpha value is -1.14. The third-order valence-electron chi connectivity index (χ3n) is 4.62. The van der Waals surface area contributed by atoms with Crippen LogP contribution in [-0.4, -0.2) is 23.0 Å². The number of rotatable bonds is 2. The van der Waals surface area contributed by atoms with E-state index in [1.54, 1.807) is 0 Å². The summed E-state index contributed by atoms with van der Waals surface area (Å²) in [5.41, 5.74) is 5.32. The lowest BCUT2D eigenvalue weighted by Gasteiger charge is -2.37. The van der Waals surface area contributed by atoms with E-state index in [0.717, 1.165) is 37.8 Å². The molecule has 2 unspecified atom stereocenters. The van der Waals surface area contributed by atoms with Gasteiger partial charge in [-0.3, -0.25) is 4.90 Å². The van der Waals surface area contributed by atoms with Gasteiger partial charge in [0.25, 0.3) is 0 Å². The molecule has 1 aromatic carbocycles. The number of hydrogen-bond donors (Lipinski definition) is 1. The van der Waals surface area contributed by atoms with Crippen LogP contribution in [-0.2, 0) is 12.7 Å². The van der Waals surface area contributed by atoms with Gasteiger partial charge in [-0.2, -0.15) is 13.2 Å². The molecular weight excluding hydrogens is 284 g/mol. The highest BCUT2D eigenvalue weighted by Gasteiger charge is 2.40. The van der Waals surface area contributed by atoms with Crippen LogP contribution in [0.4, 0.5) is 17.6 Å². The number of nitrogens with zero attached hydrogens (tertiary/aromatic N) is 1. The first-order valence-electron chi connectivity index (χ1n) is 7.21. The van der Waals surface area contributed by atoms with Gasteiger partial charge in [-0.1, -0.05) is 6.07 Å². The largest absolute Gasteiger partial charge is 0.419 e. The molecule has 0 aliphatic carbocycles. The molecule has 1 aromatic rings.